The van der Waals surface area contributed by atoms with E-state index in [1.807, 2.05) is 29.4 Å². The maximum atomic E-state index is 13.2. The number of likely N-dealkylation sites (tertiary alicyclic amines) is 1. The first-order valence-electron chi connectivity index (χ1n) is 9.70. The minimum Gasteiger partial charge on any atom is -0.346 e. The summed E-state index contributed by atoms with van der Waals surface area (Å²) < 4.78 is 15.2. The molecule has 1 aromatic carbocycles. The summed E-state index contributed by atoms with van der Waals surface area (Å²) in [5.74, 6) is 0.570. The van der Waals surface area contributed by atoms with Crippen LogP contribution in [0.25, 0.3) is 22.4 Å². The molecule has 3 aromatic heterocycles. The summed E-state index contributed by atoms with van der Waals surface area (Å²) in [7, 11) is 0. The number of pyridine rings is 1. The second kappa shape index (κ2) is 7.16. The van der Waals surface area contributed by atoms with Crippen molar-refractivity contribution in [2.75, 3.05) is 6.54 Å². The van der Waals surface area contributed by atoms with E-state index in [2.05, 4.69) is 19.5 Å². The fourth-order valence-corrected chi connectivity index (χ4v) is 4.13. The Labute approximate surface area is 167 Å². The van der Waals surface area contributed by atoms with E-state index in [0.29, 0.717) is 6.54 Å². The molecule has 0 bridgehead atoms. The van der Waals surface area contributed by atoms with E-state index in [1.54, 1.807) is 24.5 Å². The molecule has 29 heavy (non-hydrogen) atoms. The molecule has 0 saturated carbocycles. The minimum absolute atomic E-state index is 0.0419. The molecule has 146 valence electrons. The number of nitrogens with zero attached hydrogens (tertiary/aromatic N) is 4. The molecule has 7 heteroatoms. The van der Waals surface area contributed by atoms with Crippen LogP contribution in [0, 0.1) is 5.82 Å². The van der Waals surface area contributed by atoms with E-state index in [4.69, 9.17) is 0 Å². The van der Waals surface area contributed by atoms with Gasteiger partial charge in [0.15, 0.2) is 0 Å². The summed E-state index contributed by atoms with van der Waals surface area (Å²) >= 11 is 0. The van der Waals surface area contributed by atoms with Crippen LogP contribution in [0.15, 0.2) is 61.2 Å². The highest BCUT2D eigenvalue weighted by molar-refractivity contribution is 5.91. The van der Waals surface area contributed by atoms with Gasteiger partial charge in [-0.1, -0.05) is 12.1 Å². The Bertz CT molecular complexity index is 1160. The predicted octanol–water partition coefficient (Wildman–Crippen LogP) is 3.93. The fraction of sp³-hybridized carbons (Fsp3) is 0.227. The van der Waals surface area contributed by atoms with E-state index in [9.17, 15) is 9.18 Å². The zero-order chi connectivity index (χ0) is 19.8. The molecular formula is C22H20FN5O. The highest BCUT2D eigenvalue weighted by Crippen LogP contribution is 2.33. The largest absolute Gasteiger partial charge is 0.346 e. The normalized spacial score (nSPS) is 16.6. The lowest BCUT2D eigenvalue weighted by atomic mass is 10.1. The Kier molecular flexibility index (Phi) is 4.35. The van der Waals surface area contributed by atoms with E-state index >= 15 is 0 Å². The molecule has 5 rings (SSSR count). The van der Waals surface area contributed by atoms with Gasteiger partial charge in [-0.2, -0.15) is 0 Å². The Morgan fingerprint density at radius 3 is 2.86 bits per heavy atom. The number of hydrogen-bond acceptors (Lipinski definition) is 3. The van der Waals surface area contributed by atoms with Gasteiger partial charge in [-0.25, -0.2) is 14.4 Å². The monoisotopic (exact) mass is 389 g/mol. The molecule has 4 heterocycles. The van der Waals surface area contributed by atoms with Crippen molar-refractivity contribution in [2.24, 2.45) is 0 Å². The molecule has 1 aliphatic heterocycles. The van der Waals surface area contributed by atoms with Crippen LogP contribution in [0.1, 0.15) is 24.6 Å². The number of H-pyrrole nitrogens is 1. The lowest BCUT2D eigenvalue weighted by Crippen LogP contribution is -2.34. The Morgan fingerprint density at radius 2 is 2.00 bits per heavy atom. The van der Waals surface area contributed by atoms with Gasteiger partial charge in [0, 0.05) is 42.3 Å². The third-order valence-electron chi connectivity index (χ3n) is 5.50. The number of carbonyl (C=O) groups excluding carboxylic acids is 1. The molecule has 1 aliphatic rings. The van der Waals surface area contributed by atoms with E-state index in [-0.39, 0.29) is 24.3 Å². The van der Waals surface area contributed by atoms with Gasteiger partial charge >= 0.3 is 0 Å². The van der Waals surface area contributed by atoms with E-state index in [1.165, 1.54) is 12.1 Å². The summed E-state index contributed by atoms with van der Waals surface area (Å²) in [6.45, 7) is 0.707. The number of aromatic nitrogens is 4. The highest BCUT2D eigenvalue weighted by atomic mass is 19.1. The van der Waals surface area contributed by atoms with E-state index < -0.39 is 0 Å². The van der Waals surface area contributed by atoms with Gasteiger partial charge in [-0.15, -0.1) is 0 Å². The van der Waals surface area contributed by atoms with Crippen LogP contribution in [0.3, 0.4) is 0 Å². The van der Waals surface area contributed by atoms with Gasteiger partial charge < -0.3 is 14.5 Å². The minimum atomic E-state index is -0.295. The highest BCUT2D eigenvalue weighted by Gasteiger charge is 2.31. The van der Waals surface area contributed by atoms with Crippen LogP contribution in [0.2, 0.25) is 0 Å². The molecule has 1 saturated heterocycles. The van der Waals surface area contributed by atoms with Crippen LogP contribution < -0.4 is 0 Å². The van der Waals surface area contributed by atoms with Crippen LogP contribution in [0.4, 0.5) is 4.39 Å². The standard InChI is InChI=1S/C22H20FN5O/c23-16-5-3-15(4-6-16)14-20(29)27-12-1-2-19(27)28-13-11-26-22(28)18-8-10-25-21-17(18)7-9-24-21/h3-11,13,19H,1-2,12,14H2,(H,24,25). The second-order valence-corrected chi connectivity index (χ2v) is 7.27. The number of imidazole rings is 1. The molecule has 6 nitrogen and oxygen atoms in total. The molecule has 1 unspecified atom stereocenters. The van der Waals surface area contributed by atoms with Crippen molar-refractivity contribution < 1.29 is 9.18 Å². The van der Waals surface area contributed by atoms with Crippen LogP contribution in [-0.4, -0.2) is 36.9 Å². The van der Waals surface area contributed by atoms with Gasteiger partial charge in [0.05, 0.1) is 6.42 Å². The van der Waals surface area contributed by atoms with Crippen molar-refractivity contribution in [2.45, 2.75) is 25.4 Å². The van der Waals surface area contributed by atoms with Crippen molar-refractivity contribution in [3.05, 3.63) is 72.6 Å². The summed E-state index contributed by atoms with van der Waals surface area (Å²) in [4.78, 5) is 27.0. The first-order chi connectivity index (χ1) is 14.2. The van der Waals surface area contributed by atoms with Crippen LogP contribution in [0.5, 0.6) is 0 Å². The Morgan fingerprint density at radius 1 is 1.14 bits per heavy atom. The molecule has 0 aliphatic carbocycles. The zero-order valence-corrected chi connectivity index (χ0v) is 15.8. The second-order valence-electron chi connectivity index (χ2n) is 7.27. The number of hydrogen-bond donors (Lipinski definition) is 1. The molecule has 0 spiro atoms. The molecule has 1 atom stereocenters. The lowest BCUT2D eigenvalue weighted by molar-refractivity contribution is -0.132. The number of aromatic amines is 1. The molecule has 4 aromatic rings. The number of nitrogens with one attached hydrogen (secondary N) is 1. The van der Waals surface area contributed by atoms with Gasteiger partial charge in [0.1, 0.15) is 23.5 Å². The third-order valence-corrected chi connectivity index (χ3v) is 5.50. The molecule has 1 amide bonds. The maximum Gasteiger partial charge on any atom is 0.228 e. The first kappa shape index (κ1) is 17.6. The topological polar surface area (TPSA) is 66.8 Å². The van der Waals surface area contributed by atoms with Crippen molar-refractivity contribution in [3.8, 4) is 11.4 Å². The van der Waals surface area contributed by atoms with Crippen molar-refractivity contribution in [3.63, 3.8) is 0 Å². The van der Waals surface area contributed by atoms with Crippen molar-refractivity contribution >= 4 is 16.9 Å². The van der Waals surface area contributed by atoms with Crippen LogP contribution in [-0.2, 0) is 11.2 Å². The quantitative estimate of drug-likeness (QED) is 0.575. The van der Waals surface area contributed by atoms with Crippen molar-refractivity contribution in [1.29, 1.82) is 0 Å². The Balaban J connectivity index is 1.45. The summed E-state index contributed by atoms with van der Waals surface area (Å²) in [5.41, 5.74) is 2.61. The van der Waals surface area contributed by atoms with Gasteiger partial charge in [-0.3, -0.25) is 4.79 Å². The molecule has 0 radical (unpaired) electrons. The number of amides is 1. The zero-order valence-electron chi connectivity index (χ0n) is 15.8. The van der Waals surface area contributed by atoms with Gasteiger partial charge in [-0.05, 0) is 42.7 Å². The number of fused-ring (bicyclic) bond motifs is 1. The number of rotatable bonds is 4. The third kappa shape index (κ3) is 3.18. The molecule has 1 N–H and O–H groups in total. The van der Waals surface area contributed by atoms with Gasteiger partial charge in [0.2, 0.25) is 5.91 Å². The lowest BCUT2D eigenvalue weighted by Gasteiger charge is -2.27. The number of halogens is 1. The first-order valence-corrected chi connectivity index (χ1v) is 9.70. The fourth-order valence-electron chi connectivity index (χ4n) is 4.13. The van der Waals surface area contributed by atoms with Gasteiger partial charge in [0.25, 0.3) is 0 Å². The average molecular weight is 389 g/mol. The maximum absolute atomic E-state index is 13.2. The summed E-state index contributed by atoms with van der Waals surface area (Å²) in [5, 5.41) is 1.00. The Hall–Kier alpha value is -3.48. The average Bonchev–Trinajstić information content (AvgIpc) is 3.48. The SMILES string of the molecule is O=C(Cc1ccc(F)cc1)N1CCCC1n1ccnc1-c1ccnc2[nH]ccc12. The van der Waals surface area contributed by atoms with Crippen LogP contribution >= 0.6 is 0 Å². The molecule has 1 fully saturated rings. The number of benzene rings is 1. The summed E-state index contributed by atoms with van der Waals surface area (Å²) in [6.07, 6.45) is 9.33. The van der Waals surface area contributed by atoms with Crippen molar-refractivity contribution in [1.82, 2.24) is 24.4 Å². The molecular weight excluding hydrogens is 369 g/mol. The number of carbonyl (C=O) groups is 1. The van der Waals surface area contributed by atoms with E-state index in [0.717, 1.165) is 40.8 Å². The smallest absolute Gasteiger partial charge is 0.228 e. The predicted molar refractivity (Wildman–Crippen MR) is 107 cm³/mol. The summed E-state index contributed by atoms with van der Waals surface area (Å²) in [6, 6.07) is 10.1.